The second-order valence-corrected chi connectivity index (χ2v) is 8.05. The van der Waals surface area contributed by atoms with E-state index in [1.54, 1.807) is 28.9 Å². The number of halogens is 1. The van der Waals surface area contributed by atoms with Gasteiger partial charge in [-0.3, -0.25) is 0 Å². The van der Waals surface area contributed by atoms with Crippen LogP contribution in [0.3, 0.4) is 0 Å². The second-order valence-electron chi connectivity index (χ2n) is 8.05. The van der Waals surface area contributed by atoms with Crippen molar-refractivity contribution < 1.29 is 18.7 Å². The van der Waals surface area contributed by atoms with Crippen molar-refractivity contribution in [1.82, 2.24) is 14.8 Å². The standard InChI is InChI=1S/C26H19FN4O3/c1-33-25(32)17-8-6-16(7-9-17)24-21-22(19-4-2-3-5-20(19)34-24)30-26-28-14-29-31(26)23(21)15-10-12-18(27)13-11-15/h2-14,23-24H,1H3,(H,28,29,30)/t23-,24+/m0/s1. The molecule has 0 amide bonds. The van der Waals surface area contributed by atoms with Gasteiger partial charge in [0.2, 0.25) is 5.95 Å². The van der Waals surface area contributed by atoms with E-state index in [0.29, 0.717) is 11.5 Å². The summed E-state index contributed by atoms with van der Waals surface area (Å²) in [4.78, 5) is 16.3. The minimum absolute atomic E-state index is 0.314. The predicted octanol–water partition coefficient (Wildman–Crippen LogP) is 4.76. The average molecular weight is 454 g/mol. The molecule has 168 valence electrons. The van der Waals surface area contributed by atoms with Crippen LogP contribution in [0.1, 0.15) is 39.2 Å². The van der Waals surface area contributed by atoms with Crippen molar-refractivity contribution in [3.8, 4) is 5.75 Å². The lowest BCUT2D eigenvalue weighted by Crippen LogP contribution is -2.32. The smallest absolute Gasteiger partial charge is 0.337 e. The van der Waals surface area contributed by atoms with Crippen LogP contribution in [-0.2, 0) is 4.74 Å². The van der Waals surface area contributed by atoms with E-state index in [9.17, 15) is 9.18 Å². The summed E-state index contributed by atoms with van der Waals surface area (Å²) in [6.07, 6.45) is 1.00. The summed E-state index contributed by atoms with van der Waals surface area (Å²) in [6.45, 7) is 0. The molecule has 1 aromatic heterocycles. The second kappa shape index (κ2) is 7.84. The van der Waals surface area contributed by atoms with Crippen LogP contribution in [0.25, 0.3) is 5.70 Å². The number of aromatic nitrogens is 3. The highest BCUT2D eigenvalue weighted by molar-refractivity contribution is 5.89. The van der Waals surface area contributed by atoms with Crippen LogP contribution in [0.15, 0.2) is 84.7 Å². The van der Waals surface area contributed by atoms with Gasteiger partial charge in [-0.15, -0.1) is 0 Å². The Morgan fingerprint density at radius 1 is 1.03 bits per heavy atom. The Balaban J connectivity index is 1.56. The summed E-state index contributed by atoms with van der Waals surface area (Å²) in [5.74, 6) is 0.592. The van der Waals surface area contributed by atoms with E-state index in [0.717, 1.165) is 33.7 Å². The van der Waals surface area contributed by atoms with Gasteiger partial charge in [0.15, 0.2) is 0 Å². The minimum atomic E-state index is -0.489. The van der Waals surface area contributed by atoms with Gasteiger partial charge in [0, 0.05) is 11.1 Å². The molecule has 1 N–H and O–H groups in total. The number of nitrogens with zero attached hydrogens (tertiary/aromatic N) is 3. The molecule has 7 nitrogen and oxygen atoms in total. The molecule has 0 fully saturated rings. The minimum Gasteiger partial charge on any atom is -0.480 e. The number of nitrogens with one attached hydrogen (secondary N) is 1. The molecule has 0 spiro atoms. The van der Waals surface area contributed by atoms with Gasteiger partial charge >= 0.3 is 5.97 Å². The summed E-state index contributed by atoms with van der Waals surface area (Å²) in [5, 5.41) is 7.88. The Bertz CT molecular complexity index is 1430. The molecule has 8 heteroatoms. The number of rotatable bonds is 3. The zero-order chi connectivity index (χ0) is 23.2. The largest absolute Gasteiger partial charge is 0.480 e. The molecule has 0 bridgehead atoms. The van der Waals surface area contributed by atoms with Crippen molar-refractivity contribution in [2.75, 3.05) is 12.4 Å². The summed E-state index contributed by atoms with van der Waals surface area (Å²) in [6, 6.07) is 20.9. The highest BCUT2D eigenvalue weighted by atomic mass is 19.1. The first-order valence-electron chi connectivity index (χ1n) is 10.7. The van der Waals surface area contributed by atoms with E-state index in [-0.39, 0.29) is 11.9 Å². The third-order valence-electron chi connectivity index (χ3n) is 6.14. The van der Waals surface area contributed by atoms with Gasteiger partial charge < -0.3 is 14.8 Å². The molecular weight excluding hydrogens is 435 g/mol. The van der Waals surface area contributed by atoms with Crippen LogP contribution in [0.5, 0.6) is 5.75 Å². The van der Waals surface area contributed by atoms with Crippen molar-refractivity contribution >= 4 is 17.6 Å². The average Bonchev–Trinajstić information content (AvgIpc) is 3.35. The summed E-state index contributed by atoms with van der Waals surface area (Å²) in [5.41, 5.74) is 4.84. The predicted molar refractivity (Wildman–Crippen MR) is 123 cm³/mol. The molecule has 3 aromatic carbocycles. The summed E-state index contributed by atoms with van der Waals surface area (Å²) >= 11 is 0. The Labute approximate surface area is 194 Å². The van der Waals surface area contributed by atoms with Gasteiger partial charge in [0.05, 0.1) is 18.4 Å². The molecule has 34 heavy (non-hydrogen) atoms. The number of carbonyl (C=O) groups is 1. The number of ether oxygens (including phenoxy) is 2. The SMILES string of the molecule is COC(=O)c1ccc([C@H]2Oc3ccccc3C3=C2[C@H](c2ccc(F)cc2)n2ncnc2N3)cc1. The Morgan fingerprint density at radius 2 is 1.76 bits per heavy atom. The lowest BCUT2D eigenvalue weighted by Gasteiger charge is -2.39. The number of hydrogen-bond donors (Lipinski definition) is 1. The molecule has 0 aliphatic carbocycles. The lowest BCUT2D eigenvalue weighted by molar-refractivity contribution is 0.0600. The number of anilines is 1. The van der Waals surface area contributed by atoms with Crippen LogP contribution in [0.2, 0.25) is 0 Å². The third kappa shape index (κ3) is 3.14. The summed E-state index contributed by atoms with van der Waals surface area (Å²) < 4.78 is 26.9. The molecule has 2 atom stereocenters. The first-order valence-corrected chi connectivity index (χ1v) is 10.7. The molecule has 0 unspecified atom stereocenters. The van der Waals surface area contributed by atoms with Gasteiger partial charge in [-0.1, -0.05) is 36.4 Å². The van der Waals surface area contributed by atoms with E-state index in [1.165, 1.54) is 25.6 Å². The van der Waals surface area contributed by atoms with Crippen molar-refractivity contribution in [2.45, 2.75) is 12.1 Å². The molecule has 2 aliphatic heterocycles. The van der Waals surface area contributed by atoms with E-state index in [2.05, 4.69) is 15.4 Å². The zero-order valence-corrected chi connectivity index (χ0v) is 18.1. The number of methoxy groups -OCH3 is 1. The number of para-hydroxylation sites is 1. The van der Waals surface area contributed by atoms with Crippen LogP contribution < -0.4 is 10.1 Å². The molecule has 0 saturated carbocycles. The van der Waals surface area contributed by atoms with Crippen LogP contribution >= 0.6 is 0 Å². The Kier molecular flexibility index (Phi) is 4.65. The van der Waals surface area contributed by atoms with E-state index < -0.39 is 12.1 Å². The number of fused-ring (bicyclic) bond motifs is 3. The summed E-state index contributed by atoms with van der Waals surface area (Å²) in [7, 11) is 1.35. The first kappa shape index (κ1) is 20.2. The fourth-order valence-corrected chi connectivity index (χ4v) is 4.57. The van der Waals surface area contributed by atoms with Crippen LogP contribution in [0.4, 0.5) is 10.3 Å². The molecule has 3 heterocycles. The monoisotopic (exact) mass is 454 g/mol. The van der Waals surface area contributed by atoms with Crippen molar-refractivity contribution in [1.29, 1.82) is 0 Å². The van der Waals surface area contributed by atoms with Crippen LogP contribution in [-0.4, -0.2) is 27.8 Å². The van der Waals surface area contributed by atoms with Crippen LogP contribution in [0, 0.1) is 5.82 Å². The van der Waals surface area contributed by atoms with Gasteiger partial charge in [0.25, 0.3) is 0 Å². The van der Waals surface area contributed by atoms with Gasteiger partial charge in [-0.05, 0) is 47.5 Å². The first-order chi connectivity index (χ1) is 16.6. The topological polar surface area (TPSA) is 78.3 Å². The van der Waals surface area contributed by atoms with E-state index in [4.69, 9.17) is 9.47 Å². The lowest BCUT2D eigenvalue weighted by atomic mass is 9.84. The van der Waals surface area contributed by atoms with Gasteiger partial charge in [-0.2, -0.15) is 10.1 Å². The fraction of sp³-hybridized carbons (Fsp3) is 0.115. The van der Waals surface area contributed by atoms with Gasteiger partial charge in [-0.25, -0.2) is 13.9 Å². The molecular formula is C26H19FN4O3. The molecule has 2 aliphatic rings. The quantitative estimate of drug-likeness (QED) is 0.450. The van der Waals surface area contributed by atoms with Crippen molar-refractivity contribution in [2.24, 2.45) is 0 Å². The van der Waals surface area contributed by atoms with E-state index >= 15 is 0 Å². The third-order valence-corrected chi connectivity index (χ3v) is 6.14. The van der Waals surface area contributed by atoms with E-state index in [1.807, 2.05) is 36.4 Å². The number of esters is 1. The fourth-order valence-electron chi connectivity index (χ4n) is 4.57. The number of hydrogen-bond acceptors (Lipinski definition) is 6. The van der Waals surface area contributed by atoms with Crippen molar-refractivity contribution in [3.63, 3.8) is 0 Å². The molecule has 0 radical (unpaired) electrons. The molecule has 4 aromatic rings. The maximum absolute atomic E-state index is 13.8. The number of benzene rings is 3. The molecule has 6 rings (SSSR count). The maximum atomic E-state index is 13.8. The number of carbonyl (C=O) groups excluding carboxylic acids is 1. The normalized spacial score (nSPS) is 18.2. The highest BCUT2D eigenvalue weighted by Crippen LogP contribution is 2.50. The highest BCUT2D eigenvalue weighted by Gasteiger charge is 2.40. The van der Waals surface area contributed by atoms with Crippen molar-refractivity contribution in [3.05, 3.63) is 113 Å². The zero-order valence-electron chi connectivity index (χ0n) is 18.1. The molecule has 0 saturated heterocycles. The Hall–Kier alpha value is -4.46. The van der Waals surface area contributed by atoms with Gasteiger partial charge in [0.1, 0.15) is 30.0 Å². The Morgan fingerprint density at radius 3 is 2.53 bits per heavy atom. The maximum Gasteiger partial charge on any atom is 0.337 e.